The van der Waals surface area contributed by atoms with Crippen LogP contribution in [0.1, 0.15) is 35.7 Å². The number of carbonyl (C=O) groups is 1. The topological polar surface area (TPSA) is 109 Å². The van der Waals surface area contributed by atoms with Crippen molar-refractivity contribution < 1.29 is 23.5 Å². The number of ether oxygens (including phenoxy) is 3. The zero-order valence-electron chi connectivity index (χ0n) is 16.2. The maximum absolute atomic E-state index is 12.0. The number of esters is 1. The van der Waals surface area contributed by atoms with E-state index in [0.29, 0.717) is 41.5 Å². The predicted molar refractivity (Wildman–Crippen MR) is 102 cm³/mol. The Kier molecular flexibility index (Phi) is 5.93. The fraction of sp³-hybridized carbons (Fsp3) is 0.368. The second-order valence-corrected chi connectivity index (χ2v) is 5.84. The van der Waals surface area contributed by atoms with Crippen molar-refractivity contribution in [2.45, 2.75) is 27.3 Å². The van der Waals surface area contributed by atoms with Gasteiger partial charge in [0.15, 0.2) is 11.5 Å². The Labute approximate surface area is 162 Å². The molecule has 3 rings (SSSR count). The van der Waals surface area contributed by atoms with E-state index in [2.05, 4.69) is 20.4 Å². The molecule has 0 atom stereocenters. The minimum Gasteiger partial charge on any atom is -0.493 e. The lowest BCUT2D eigenvalue weighted by atomic mass is 10.2. The highest BCUT2D eigenvalue weighted by atomic mass is 16.5. The van der Waals surface area contributed by atoms with E-state index in [4.69, 9.17) is 18.7 Å². The van der Waals surface area contributed by atoms with Crippen LogP contribution in [0.15, 0.2) is 22.7 Å². The van der Waals surface area contributed by atoms with Gasteiger partial charge in [0.2, 0.25) is 5.82 Å². The number of anilines is 1. The van der Waals surface area contributed by atoms with Crippen LogP contribution in [0, 0.1) is 6.92 Å². The zero-order chi connectivity index (χ0) is 20.1. The lowest BCUT2D eigenvalue weighted by Crippen LogP contribution is -2.12. The van der Waals surface area contributed by atoms with Crippen molar-refractivity contribution in [1.82, 2.24) is 15.1 Å². The van der Waals surface area contributed by atoms with Crippen molar-refractivity contribution in [1.29, 1.82) is 0 Å². The summed E-state index contributed by atoms with van der Waals surface area (Å²) in [5, 5.41) is 7.74. The summed E-state index contributed by atoms with van der Waals surface area (Å²) in [4.78, 5) is 20.4. The fourth-order valence-corrected chi connectivity index (χ4v) is 2.69. The minimum atomic E-state index is -0.621. The number of aryl methyl sites for hydroxylation is 1. The molecule has 2 aromatic heterocycles. The highest BCUT2D eigenvalue weighted by Crippen LogP contribution is 2.29. The van der Waals surface area contributed by atoms with Crippen LogP contribution in [0.2, 0.25) is 0 Å². The van der Waals surface area contributed by atoms with E-state index < -0.39 is 5.97 Å². The van der Waals surface area contributed by atoms with Crippen molar-refractivity contribution in [3.8, 4) is 11.5 Å². The standard InChI is InChI=1S/C19H22N4O5/c1-5-26-13-8-7-12(9-14(13)25-4)10-20-16-15-11(3)23-28-18(15)22-17(21-16)19(24)27-6-2/h7-9H,5-6,10H2,1-4H3,(H,20,21,22). The summed E-state index contributed by atoms with van der Waals surface area (Å²) in [5.74, 6) is 1.06. The summed E-state index contributed by atoms with van der Waals surface area (Å²) in [5.41, 5.74) is 1.79. The van der Waals surface area contributed by atoms with Crippen LogP contribution in [0.5, 0.6) is 11.5 Å². The molecule has 148 valence electrons. The smallest absolute Gasteiger partial charge is 0.376 e. The Morgan fingerprint density at radius 1 is 1.18 bits per heavy atom. The molecule has 2 heterocycles. The molecule has 3 aromatic rings. The fourth-order valence-electron chi connectivity index (χ4n) is 2.69. The predicted octanol–water partition coefficient (Wildman–Crippen LogP) is 3.12. The SMILES string of the molecule is CCOC(=O)c1nc(NCc2ccc(OCC)c(OC)c2)c2c(C)noc2n1. The summed E-state index contributed by atoms with van der Waals surface area (Å²) in [6, 6.07) is 5.65. The molecule has 0 unspecified atom stereocenters. The Morgan fingerprint density at radius 3 is 2.71 bits per heavy atom. The number of aromatic nitrogens is 3. The second-order valence-electron chi connectivity index (χ2n) is 5.84. The summed E-state index contributed by atoms with van der Waals surface area (Å²) in [7, 11) is 1.59. The first-order valence-electron chi connectivity index (χ1n) is 8.92. The molecule has 0 spiro atoms. The van der Waals surface area contributed by atoms with Crippen LogP contribution >= 0.6 is 0 Å². The lowest BCUT2D eigenvalue weighted by Gasteiger charge is -2.12. The second kappa shape index (κ2) is 8.55. The lowest BCUT2D eigenvalue weighted by molar-refractivity contribution is 0.0512. The molecule has 1 N–H and O–H groups in total. The van der Waals surface area contributed by atoms with Gasteiger partial charge in [0.1, 0.15) is 11.2 Å². The Hall–Kier alpha value is -3.36. The molecular weight excluding hydrogens is 364 g/mol. The van der Waals surface area contributed by atoms with E-state index in [0.717, 1.165) is 5.56 Å². The molecule has 28 heavy (non-hydrogen) atoms. The molecule has 0 amide bonds. The van der Waals surface area contributed by atoms with Crippen LogP contribution in [0.3, 0.4) is 0 Å². The van der Waals surface area contributed by atoms with Crippen molar-refractivity contribution in [2.24, 2.45) is 0 Å². The third kappa shape index (κ3) is 3.98. The van der Waals surface area contributed by atoms with Crippen molar-refractivity contribution in [3.05, 3.63) is 35.3 Å². The average molecular weight is 386 g/mol. The molecule has 0 saturated carbocycles. The normalized spacial score (nSPS) is 10.7. The molecule has 0 aliphatic heterocycles. The number of fused-ring (bicyclic) bond motifs is 1. The highest BCUT2D eigenvalue weighted by Gasteiger charge is 2.19. The third-order valence-corrected chi connectivity index (χ3v) is 3.95. The first kappa shape index (κ1) is 19.4. The van der Waals surface area contributed by atoms with Gasteiger partial charge in [-0.05, 0) is 38.5 Å². The largest absolute Gasteiger partial charge is 0.493 e. The van der Waals surface area contributed by atoms with E-state index in [9.17, 15) is 4.79 Å². The van der Waals surface area contributed by atoms with Gasteiger partial charge in [0.05, 0.1) is 26.0 Å². The van der Waals surface area contributed by atoms with Gasteiger partial charge in [-0.25, -0.2) is 9.78 Å². The summed E-state index contributed by atoms with van der Waals surface area (Å²) >= 11 is 0. The molecule has 9 heteroatoms. The molecule has 1 aromatic carbocycles. The van der Waals surface area contributed by atoms with E-state index in [1.54, 1.807) is 21.0 Å². The van der Waals surface area contributed by atoms with Crippen molar-refractivity contribution in [2.75, 3.05) is 25.6 Å². The molecular formula is C19H22N4O5. The summed E-state index contributed by atoms with van der Waals surface area (Å²) in [6.45, 7) is 6.62. The Morgan fingerprint density at radius 2 is 2.00 bits per heavy atom. The first-order valence-corrected chi connectivity index (χ1v) is 8.92. The Balaban J connectivity index is 1.89. The van der Waals surface area contributed by atoms with Gasteiger partial charge in [-0.2, -0.15) is 4.98 Å². The minimum absolute atomic E-state index is 0.0859. The average Bonchev–Trinajstić information content (AvgIpc) is 3.08. The van der Waals surface area contributed by atoms with E-state index in [-0.39, 0.29) is 18.1 Å². The van der Waals surface area contributed by atoms with E-state index >= 15 is 0 Å². The van der Waals surface area contributed by atoms with Crippen LogP contribution < -0.4 is 14.8 Å². The van der Waals surface area contributed by atoms with Gasteiger partial charge >= 0.3 is 5.97 Å². The molecule has 0 aliphatic rings. The monoisotopic (exact) mass is 386 g/mol. The van der Waals surface area contributed by atoms with Crippen LogP contribution in [-0.4, -0.2) is 41.4 Å². The molecule has 0 saturated heterocycles. The number of nitrogens with zero attached hydrogens (tertiary/aromatic N) is 3. The molecule has 0 bridgehead atoms. The summed E-state index contributed by atoms with van der Waals surface area (Å²) in [6.07, 6.45) is 0. The number of carbonyl (C=O) groups excluding carboxylic acids is 1. The van der Waals surface area contributed by atoms with Gasteiger partial charge in [-0.1, -0.05) is 11.2 Å². The molecule has 0 radical (unpaired) electrons. The van der Waals surface area contributed by atoms with Crippen molar-refractivity contribution >= 4 is 22.9 Å². The number of rotatable bonds is 8. The first-order chi connectivity index (χ1) is 13.6. The highest BCUT2D eigenvalue weighted by molar-refractivity contribution is 5.93. The quantitative estimate of drug-likeness (QED) is 0.584. The van der Waals surface area contributed by atoms with Crippen molar-refractivity contribution in [3.63, 3.8) is 0 Å². The maximum atomic E-state index is 12.0. The number of hydrogen-bond donors (Lipinski definition) is 1. The third-order valence-electron chi connectivity index (χ3n) is 3.95. The van der Waals surface area contributed by atoms with E-state index in [1.807, 2.05) is 25.1 Å². The van der Waals surface area contributed by atoms with Crippen LogP contribution in [-0.2, 0) is 11.3 Å². The number of methoxy groups -OCH3 is 1. The van der Waals surface area contributed by atoms with Gasteiger partial charge < -0.3 is 24.1 Å². The van der Waals surface area contributed by atoms with E-state index in [1.165, 1.54) is 0 Å². The van der Waals surface area contributed by atoms with Gasteiger partial charge in [0, 0.05) is 6.54 Å². The zero-order valence-corrected chi connectivity index (χ0v) is 16.2. The molecule has 0 fully saturated rings. The summed E-state index contributed by atoms with van der Waals surface area (Å²) < 4.78 is 21.1. The Bertz CT molecular complexity index is 986. The molecule has 9 nitrogen and oxygen atoms in total. The number of nitrogens with one attached hydrogen (secondary N) is 1. The number of benzene rings is 1. The molecule has 0 aliphatic carbocycles. The van der Waals surface area contributed by atoms with Crippen LogP contribution in [0.4, 0.5) is 5.82 Å². The van der Waals surface area contributed by atoms with Gasteiger partial charge in [0.25, 0.3) is 5.71 Å². The van der Waals surface area contributed by atoms with Gasteiger partial charge in [-0.15, -0.1) is 0 Å². The van der Waals surface area contributed by atoms with Gasteiger partial charge in [-0.3, -0.25) is 0 Å². The maximum Gasteiger partial charge on any atom is 0.376 e. The van der Waals surface area contributed by atoms with Crippen LogP contribution in [0.25, 0.3) is 11.1 Å². The number of hydrogen-bond acceptors (Lipinski definition) is 9.